The van der Waals surface area contributed by atoms with Crippen molar-refractivity contribution in [3.8, 4) is 34.1 Å². The van der Waals surface area contributed by atoms with Gasteiger partial charge in [-0.2, -0.15) is 17.2 Å². The van der Waals surface area contributed by atoms with Gasteiger partial charge in [0.15, 0.2) is 0 Å². The van der Waals surface area contributed by atoms with Crippen molar-refractivity contribution >= 4 is 21.8 Å². The first-order valence-electron chi connectivity index (χ1n) is 15.3. The van der Waals surface area contributed by atoms with E-state index < -0.39 is 0 Å². The molecule has 0 spiro atoms. The Bertz CT molecular complexity index is 2130. The van der Waals surface area contributed by atoms with Gasteiger partial charge in [0.1, 0.15) is 5.82 Å². The number of ether oxygens (including phenoxy) is 1. The van der Waals surface area contributed by atoms with Crippen molar-refractivity contribution in [1.29, 1.82) is 0 Å². The number of aromatic nitrogens is 4. The van der Waals surface area contributed by atoms with Gasteiger partial charge in [-0.05, 0) is 72.7 Å². The molecule has 0 unspecified atom stereocenters. The van der Waals surface area contributed by atoms with E-state index in [0.29, 0.717) is 11.5 Å². The van der Waals surface area contributed by atoms with Crippen molar-refractivity contribution in [2.24, 2.45) is 0 Å². The first-order chi connectivity index (χ1) is 21.5. The van der Waals surface area contributed by atoms with Crippen LogP contribution in [0, 0.1) is 26.0 Å². The molecule has 0 saturated heterocycles. The van der Waals surface area contributed by atoms with Crippen LogP contribution >= 0.6 is 0 Å². The topological polar surface area (TPSA) is 44.9 Å². The third-order valence-electron chi connectivity index (χ3n) is 8.25. The van der Waals surface area contributed by atoms with E-state index in [0.717, 1.165) is 69.7 Å². The largest absolute Gasteiger partial charge is 2.00 e. The van der Waals surface area contributed by atoms with E-state index in [9.17, 15) is 0 Å². The summed E-state index contributed by atoms with van der Waals surface area (Å²) >= 11 is 0. The summed E-state index contributed by atoms with van der Waals surface area (Å²) in [5, 5.41) is 7.18. The van der Waals surface area contributed by atoms with Crippen molar-refractivity contribution < 1.29 is 25.8 Å². The number of pyridine rings is 1. The molecular weight excluding hydrogens is 736 g/mol. The zero-order chi connectivity index (χ0) is 30.2. The maximum Gasteiger partial charge on any atom is 2.00 e. The van der Waals surface area contributed by atoms with Crippen molar-refractivity contribution in [3.63, 3.8) is 0 Å². The van der Waals surface area contributed by atoms with E-state index in [1.54, 1.807) is 0 Å². The van der Waals surface area contributed by atoms with E-state index in [1.807, 2.05) is 48.1 Å². The molecule has 7 aromatic rings. The van der Waals surface area contributed by atoms with E-state index in [1.165, 1.54) is 16.5 Å². The number of aryl methyl sites for hydroxylation is 3. The molecule has 0 fully saturated rings. The zero-order valence-electron chi connectivity index (χ0n) is 25.9. The van der Waals surface area contributed by atoms with Gasteiger partial charge in [-0.15, -0.1) is 35.7 Å². The quantitative estimate of drug-likeness (QED) is 0.145. The van der Waals surface area contributed by atoms with Crippen LogP contribution in [-0.4, -0.2) is 19.3 Å². The van der Waals surface area contributed by atoms with Gasteiger partial charge in [-0.25, -0.2) is 4.98 Å². The molecule has 7 rings (SSSR count). The van der Waals surface area contributed by atoms with Crippen LogP contribution in [0.2, 0.25) is 0 Å². The molecule has 6 heteroatoms. The molecule has 4 aromatic carbocycles. The van der Waals surface area contributed by atoms with Crippen molar-refractivity contribution in [2.45, 2.75) is 47.0 Å². The number of benzene rings is 4. The zero-order valence-corrected chi connectivity index (χ0v) is 28.1. The van der Waals surface area contributed by atoms with Gasteiger partial charge < -0.3 is 9.30 Å². The van der Waals surface area contributed by atoms with E-state index in [-0.39, 0.29) is 21.1 Å². The van der Waals surface area contributed by atoms with Gasteiger partial charge in [-0.3, -0.25) is 4.68 Å². The van der Waals surface area contributed by atoms with E-state index in [2.05, 4.69) is 98.1 Å². The van der Waals surface area contributed by atoms with Gasteiger partial charge in [0.2, 0.25) is 0 Å². The van der Waals surface area contributed by atoms with Crippen LogP contribution < -0.4 is 4.74 Å². The van der Waals surface area contributed by atoms with Crippen LogP contribution in [0.15, 0.2) is 97.2 Å². The van der Waals surface area contributed by atoms with Gasteiger partial charge >= 0.3 is 21.1 Å². The monoisotopic (exact) mass is 769 g/mol. The van der Waals surface area contributed by atoms with Crippen molar-refractivity contribution in [1.82, 2.24) is 19.3 Å². The minimum atomic E-state index is 0. The second-order valence-corrected chi connectivity index (χ2v) is 11.2. The Hall–Kier alpha value is -4.47. The number of hydrogen-bond acceptors (Lipinski definition) is 3. The molecule has 0 amide bonds. The standard InChI is InChI=1S/C39H34N4O.Pt/c1-5-11-29-20-21-40-38(23-29)42-36-19-16-28(6-2)22-35(36)34-18-17-33(25-37(34)42)44-32-15-10-14-31(24-32)43-27(4)39(26(3)41-43)30-12-8-7-9-13-30;/h7-10,12-23H,5-6,11H2,1-4H3;/q-2;+2. The maximum absolute atomic E-state index is 6.42. The van der Waals surface area contributed by atoms with Crippen LogP contribution in [0.25, 0.3) is 44.4 Å². The van der Waals surface area contributed by atoms with Crippen LogP contribution in [0.3, 0.4) is 0 Å². The van der Waals surface area contributed by atoms with Gasteiger partial charge in [0.25, 0.3) is 0 Å². The second kappa shape index (κ2) is 12.9. The summed E-state index contributed by atoms with van der Waals surface area (Å²) in [6.07, 6.45) is 4.98. The molecular formula is C39H34N4OPt. The molecule has 3 aromatic heterocycles. The number of rotatable bonds is 8. The number of hydrogen-bond donors (Lipinski definition) is 0. The van der Waals surface area contributed by atoms with Crippen LogP contribution in [0.4, 0.5) is 0 Å². The van der Waals surface area contributed by atoms with Gasteiger partial charge in [-0.1, -0.05) is 68.2 Å². The maximum atomic E-state index is 6.42. The fourth-order valence-corrected chi connectivity index (χ4v) is 6.15. The SMILES string of the molecule is CCCc1ccnc(-n2c3[c-]c(Oc4[c-]c(-n5nc(C)c(-c6ccccc6)c5C)ccc4)ccc3c3cc(CC)ccc32)c1.[Pt+2]. The molecule has 45 heavy (non-hydrogen) atoms. The Kier molecular flexibility index (Phi) is 8.74. The minimum Gasteiger partial charge on any atom is -0.509 e. The normalized spacial score (nSPS) is 11.2. The summed E-state index contributed by atoms with van der Waals surface area (Å²) in [6, 6.07) is 38.4. The molecule has 0 bridgehead atoms. The smallest absolute Gasteiger partial charge is 0.509 e. The van der Waals surface area contributed by atoms with Gasteiger partial charge in [0, 0.05) is 34.5 Å². The fraction of sp³-hybridized carbons (Fsp3) is 0.179. The Morgan fingerprint density at radius 2 is 1.60 bits per heavy atom. The Morgan fingerprint density at radius 1 is 0.778 bits per heavy atom. The third kappa shape index (κ3) is 5.73. The van der Waals surface area contributed by atoms with Crippen LogP contribution in [-0.2, 0) is 33.9 Å². The first kappa shape index (κ1) is 30.6. The molecule has 0 N–H and O–H groups in total. The molecule has 0 aliphatic rings. The Morgan fingerprint density at radius 3 is 2.40 bits per heavy atom. The van der Waals surface area contributed by atoms with E-state index in [4.69, 9.17) is 14.8 Å². The molecule has 0 saturated carbocycles. The minimum absolute atomic E-state index is 0. The molecule has 3 heterocycles. The van der Waals surface area contributed by atoms with E-state index >= 15 is 0 Å². The van der Waals surface area contributed by atoms with Crippen LogP contribution in [0.1, 0.15) is 42.8 Å². The number of nitrogens with zero attached hydrogens (tertiary/aromatic N) is 4. The summed E-state index contributed by atoms with van der Waals surface area (Å²) in [4.78, 5) is 4.79. The van der Waals surface area contributed by atoms with Gasteiger partial charge in [0.05, 0.1) is 5.69 Å². The van der Waals surface area contributed by atoms with Crippen LogP contribution in [0.5, 0.6) is 11.5 Å². The summed E-state index contributed by atoms with van der Waals surface area (Å²) in [5.41, 5.74) is 9.77. The van der Waals surface area contributed by atoms with Crippen molar-refractivity contribution in [3.05, 3.63) is 132 Å². The fourth-order valence-electron chi connectivity index (χ4n) is 6.15. The summed E-state index contributed by atoms with van der Waals surface area (Å²) in [7, 11) is 0. The average Bonchev–Trinajstić information content (AvgIpc) is 3.53. The molecule has 0 radical (unpaired) electrons. The predicted molar refractivity (Wildman–Crippen MR) is 178 cm³/mol. The molecule has 0 atom stereocenters. The second-order valence-electron chi connectivity index (χ2n) is 11.2. The average molecular weight is 770 g/mol. The molecule has 5 nitrogen and oxygen atoms in total. The molecule has 0 aliphatic carbocycles. The summed E-state index contributed by atoms with van der Waals surface area (Å²) in [6.45, 7) is 8.53. The molecule has 226 valence electrons. The Balaban J connectivity index is 0.00000357. The predicted octanol–water partition coefficient (Wildman–Crippen LogP) is 9.55. The van der Waals surface area contributed by atoms with Crippen molar-refractivity contribution in [2.75, 3.05) is 0 Å². The Labute approximate surface area is 278 Å². The summed E-state index contributed by atoms with van der Waals surface area (Å²) in [5.74, 6) is 2.11. The molecule has 0 aliphatic heterocycles. The third-order valence-corrected chi connectivity index (χ3v) is 8.25. The first-order valence-corrected chi connectivity index (χ1v) is 15.3. The number of fused-ring (bicyclic) bond motifs is 3. The summed E-state index contributed by atoms with van der Waals surface area (Å²) < 4.78 is 10.6.